The third kappa shape index (κ3) is 3.20. The van der Waals surface area contributed by atoms with Crippen LogP contribution in [-0.2, 0) is 5.88 Å². The molecule has 0 aliphatic carbocycles. The summed E-state index contributed by atoms with van der Waals surface area (Å²) in [5.74, 6) is 1.56. The van der Waals surface area contributed by atoms with Crippen LogP contribution in [0.2, 0.25) is 0 Å². The summed E-state index contributed by atoms with van der Waals surface area (Å²) in [7, 11) is 0. The van der Waals surface area contributed by atoms with Gasteiger partial charge in [0.25, 0.3) is 0 Å². The van der Waals surface area contributed by atoms with Crippen LogP contribution in [-0.4, -0.2) is 13.1 Å². The molecular weight excluding hydrogens is 242 g/mol. The third-order valence-electron chi connectivity index (χ3n) is 4.07. The molecule has 100 valence electrons. The van der Waals surface area contributed by atoms with E-state index in [2.05, 4.69) is 36.9 Å². The van der Waals surface area contributed by atoms with E-state index in [1.54, 1.807) is 0 Å². The normalized spacial score (nSPS) is 17.2. The topological polar surface area (TPSA) is 3.24 Å². The molecule has 1 heterocycles. The summed E-state index contributed by atoms with van der Waals surface area (Å²) < 4.78 is 0. The molecule has 2 rings (SSSR count). The van der Waals surface area contributed by atoms with E-state index in [4.69, 9.17) is 11.6 Å². The highest BCUT2D eigenvalue weighted by molar-refractivity contribution is 6.17. The lowest BCUT2D eigenvalue weighted by molar-refractivity contribution is 0.378. The molecule has 0 amide bonds. The van der Waals surface area contributed by atoms with Crippen molar-refractivity contribution in [3.8, 4) is 0 Å². The maximum absolute atomic E-state index is 5.88. The van der Waals surface area contributed by atoms with E-state index in [9.17, 15) is 0 Å². The van der Waals surface area contributed by atoms with E-state index in [1.807, 2.05) is 0 Å². The summed E-state index contributed by atoms with van der Waals surface area (Å²) in [5, 5.41) is 0. The predicted octanol–water partition coefficient (Wildman–Crippen LogP) is 4.75. The Morgan fingerprint density at radius 2 is 2.00 bits per heavy atom. The van der Waals surface area contributed by atoms with Crippen molar-refractivity contribution < 1.29 is 0 Å². The molecule has 0 bridgehead atoms. The monoisotopic (exact) mass is 265 g/mol. The first-order valence-electron chi connectivity index (χ1n) is 7.15. The standard InChI is InChI=1S/C16H24ClN/c1-3-4-14-7-9-18(10-8-14)16-6-5-15(12-17)11-13(16)2/h5-6,11,14H,3-4,7-10,12H2,1-2H3. The zero-order valence-corrected chi connectivity index (χ0v) is 12.3. The van der Waals surface area contributed by atoms with E-state index in [1.165, 1.54) is 55.6 Å². The number of nitrogens with zero attached hydrogens (tertiary/aromatic N) is 1. The minimum absolute atomic E-state index is 0.611. The molecule has 18 heavy (non-hydrogen) atoms. The average molecular weight is 266 g/mol. The summed E-state index contributed by atoms with van der Waals surface area (Å²) in [5.41, 5.74) is 3.99. The molecule has 0 unspecified atom stereocenters. The number of piperidine rings is 1. The van der Waals surface area contributed by atoms with Crippen molar-refractivity contribution in [2.24, 2.45) is 5.92 Å². The first-order chi connectivity index (χ1) is 8.74. The van der Waals surface area contributed by atoms with Crippen LogP contribution in [0.4, 0.5) is 5.69 Å². The van der Waals surface area contributed by atoms with Gasteiger partial charge in [0.05, 0.1) is 0 Å². The molecule has 1 aromatic rings. The fraction of sp³-hybridized carbons (Fsp3) is 0.625. The molecule has 0 N–H and O–H groups in total. The Labute approximate surface area is 116 Å². The van der Waals surface area contributed by atoms with Crippen LogP contribution < -0.4 is 4.90 Å². The maximum Gasteiger partial charge on any atom is 0.0474 e. The van der Waals surface area contributed by atoms with Gasteiger partial charge in [-0.2, -0.15) is 0 Å². The zero-order chi connectivity index (χ0) is 13.0. The highest BCUT2D eigenvalue weighted by atomic mass is 35.5. The van der Waals surface area contributed by atoms with Gasteiger partial charge in [-0.05, 0) is 42.9 Å². The maximum atomic E-state index is 5.88. The smallest absolute Gasteiger partial charge is 0.0474 e. The number of anilines is 1. The molecule has 2 heteroatoms. The van der Waals surface area contributed by atoms with E-state index >= 15 is 0 Å². The minimum Gasteiger partial charge on any atom is -0.371 e. The van der Waals surface area contributed by atoms with Gasteiger partial charge in [0.15, 0.2) is 0 Å². The van der Waals surface area contributed by atoms with Crippen LogP contribution in [0.5, 0.6) is 0 Å². The molecule has 1 fully saturated rings. The van der Waals surface area contributed by atoms with Gasteiger partial charge < -0.3 is 4.90 Å². The molecule has 1 aromatic carbocycles. The summed E-state index contributed by atoms with van der Waals surface area (Å²) in [4.78, 5) is 2.54. The van der Waals surface area contributed by atoms with Crippen molar-refractivity contribution >= 4 is 17.3 Å². The Morgan fingerprint density at radius 3 is 2.56 bits per heavy atom. The van der Waals surface area contributed by atoms with Crippen molar-refractivity contribution in [3.05, 3.63) is 29.3 Å². The lowest BCUT2D eigenvalue weighted by Gasteiger charge is -2.34. The van der Waals surface area contributed by atoms with Crippen molar-refractivity contribution in [2.75, 3.05) is 18.0 Å². The van der Waals surface area contributed by atoms with Crippen LogP contribution in [0.3, 0.4) is 0 Å². The summed E-state index contributed by atoms with van der Waals surface area (Å²) in [6, 6.07) is 6.63. The predicted molar refractivity (Wildman–Crippen MR) is 80.6 cm³/mol. The molecule has 1 aliphatic rings. The molecule has 0 spiro atoms. The molecule has 0 atom stereocenters. The Bertz CT molecular complexity index is 381. The van der Waals surface area contributed by atoms with Gasteiger partial charge in [0, 0.05) is 24.7 Å². The fourth-order valence-electron chi connectivity index (χ4n) is 3.03. The SMILES string of the molecule is CCCC1CCN(c2ccc(CCl)cc2C)CC1. The third-order valence-corrected chi connectivity index (χ3v) is 4.38. The van der Waals surface area contributed by atoms with E-state index in [0.29, 0.717) is 5.88 Å². The highest BCUT2D eigenvalue weighted by Crippen LogP contribution is 2.28. The van der Waals surface area contributed by atoms with Crippen LogP contribution in [0, 0.1) is 12.8 Å². The number of aryl methyl sites for hydroxylation is 1. The zero-order valence-electron chi connectivity index (χ0n) is 11.6. The fourth-order valence-corrected chi connectivity index (χ4v) is 3.19. The van der Waals surface area contributed by atoms with Gasteiger partial charge in [-0.3, -0.25) is 0 Å². The lowest BCUT2D eigenvalue weighted by Crippen LogP contribution is -2.34. The van der Waals surface area contributed by atoms with E-state index in [-0.39, 0.29) is 0 Å². The first-order valence-corrected chi connectivity index (χ1v) is 7.68. The van der Waals surface area contributed by atoms with Gasteiger partial charge in [0.2, 0.25) is 0 Å². The number of alkyl halides is 1. The summed E-state index contributed by atoms with van der Waals surface area (Å²) in [6.45, 7) is 6.92. The van der Waals surface area contributed by atoms with Gasteiger partial charge in [-0.15, -0.1) is 11.6 Å². The summed E-state index contributed by atoms with van der Waals surface area (Å²) >= 11 is 5.88. The van der Waals surface area contributed by atoms with E-state index in [0.717, 1.165) is 5.92 Å². The Kier molecular flexibility index (Phi) is 4.94. The van der Waals surface area contributed by atoms with Crippen LogP contribution in [0.1, 0.15) is 43.7 Å². The van der Waals surface area contributed by atoms with Gasteiger partial charge in [-0.1, -0.05) is 31.9 Å². The molecule has 1 aliphatic heterocycles. The van der Waals surface area contributed by atoms with Crippen molar-refractivity contribution in [3.63, 3.8) is 0 Å². The molecule has 0 aromatic heterocycles. The number of benzene rings is 1. The number of rotatable bonds is 4. The minimum atomic E-state index is 0.611. The molecule has 1 saturated heterocycles. The van der Waals surface area contributed by atoms with E-state index < -0.39 is 0 Å². The molecule has 1 nitrogen and oxygen atoms in total. The van der Waals surface area contributed by atoms with Crippen molar-refractivity contribution in [1.82, 2.24) is 0 Å². The number of hydrogen-bond acceptors (Lipinski definition) is 1. The van der Waals surface area contributed by atoms with Gasteiger partial charge in [0.1, 0.15) is 0 Å². The van der Waals surface area contributed by atoms with Gasteiger partial charge >= 0.3 is 0 Å². The molecule has 0 radical (unpaired) electrons. The highest BCUT2D eigenvalue weighted by Gasteiger charge is 2.19. The lowest BCUT2D eigenvalue weighted by atomic mass is 9.92. The number of halogens is 1. The Morgan fingerprint density at radius 1 is 1.28 bits per heavy atom. The van der Waals surface area contributed by atoms with Crippen LogP contribution in [0.15, 0.2) is 18.2 Å². The van der Waals surface area contributed by atoms with Gasteiger partial charge in [-0.25, -0.2) is 0 Å². The second-order valence-corrected chi connectivity index (χ2v) is 5.74. The average Bonchev–Trinajstić information content (AvgIpc) is 2.40. The quantitative estimate of drug-likeness (QED) is 0.710. The second kappa shape index (κ2) is 6.47. The molecular formula is C16H24ClN. The Hall–Kier alpha value is -0.690. The van der Waals surface area contributed by atoms with Crippen molar-refractivity contribution in [1.29, 1.82) is 0 Å². The number of hydrogen-bond donors (Lipinski definition) is 0. The first kappa shape index (κ1) is 13.7. The van der Waals surface area contributed by atoms with Crippen LogP contribution >= 0.6 is 11.6 Å². The Balaban J connectivity index is 2.01. The van der Waals surface area contributed by atoms with Crippen molar-refractivity contribution in [2.45, 2.75) is 45.4 Å². The largest absolute Gasteiger partial charge is 0.371 e. The second-order valence-electron chi connectivity index (χ2n) is 5.47. The molecule has 0 saturated carbocycles. The summed E-state index contributed by atoms with van der Waals surface area (Å²) in [6.07, 6.45) is 5.43. The van der Waals surface area contributed by atoms with Crippen LogP contribution in [0.25, 0.3) is 0 Å².